The Morgan fingerprint density at radius 1 is 1.00 bits per heavy atom. The number of nitrogens with one attached hydrogen (secondary N) is 1. The second kappa shape index (κ2) is 7.05. The Morgan fingerprint density at radius 3 is 2.07 bits per heavy atom. The molecule has 6 nitrogen and oxygen atoms in total. The Morgan fingerprint density at radius 2 is 1.56 bits per heavy atom. The van der Waals surface area contributed by atoms with Crippen LogP contribution in [0.5, 0.6) is 0 Å². The summed E-state index contributed by atoms with van der Waals surface area (Å²) in [6.45, 7) is -0.966. The topological polar surface area (TPSA) is 84.2 Å². The van der Waals surface area contributed by atoms with E-state index >= 15 is 0 Å². The van der Waals surface area contributed by atoms with Gasteiger partial charge in [-0.05, 0) is 12.1 Å². The second-order valence-corrected chi connectivity index (χ2v) is 7.18. The summed E-state index contributed by atoms with van der Waals surface area (Å²) in [4.78, 5) is 2.43. The molecule has 0 fully saturated rings. The van der Waals surface area contributed by atoms with E-state index in [1.165, 1.54) is 36.4 Å². The van der Waals surface area contributed by atoms with Crippen molar-refractivity contribution in [3.63, 3.8) is 0 Å². The van der Waals surface area contributed by atoms with Gasteiger partial charge in [0.1, 0.15) is 0 Å². The number of alkyl halides is 3. The van der Waals surface area contributed by atoms with Crippen LogP contribution >= 0.6 is 0 Å². The maximum absolute atomic E-state index is 13.3. The van der Waals surface area contributed by atoms with E-state index < -0.39 is 34.1 Å². The van der Waals surface area contributed by atoms with Crippen molar-refractivity contribution in [1.29, 1.82) is 0 Å². The highest BCUT2D eigenvalue weighted by Crippen LogP contribution is 2.36. The molecule has 2 N–H and O–H groups in total. The molecule has 0 radical (unpaired) electrons. The fourth-order valence-electron chi connectivity index (χ4n) is 2.55. The predicted octanol–water partition coefficient (Wildman–Crippen LogP) is 2.99. The zero-order chi connectivity index (χ0) is 19.7. The van der Waals surface area contributed by atoms with E-state index in [-0.39, 0.29) is 16.2 Å². The molecule has 0 amide bonds. The van der Waals surface area contributed by atoms with Crippen LogP contribution in [0.2, 0.25) is 0 Å². The third kappa shape index (κ3) is 3.81. The molecule has 2 aromatic carbocycles. The molecule has 3 aromatic rings. The average Bonchev–Trinajstić information content (AvgIpc) is 3.01. The molecule has 142 valence electrons. The summed E-state index contributed by atoms with van der Waals surface area (Å²) in [5, 5.41) is 12.9. The number of hydrogen-bond acceptors (Lipinski definition) is 4. The largest absolute Gasteiger partial charge is 0.435 e. The molecule has 10 heteroatoms. The number of aliphatic hydroxyl groups is 1. The summed E-state index contributed by atoms with van der Waals surface area (Å²) >= 11 is 0. The Kier molecular flexibility index (Phi) is 4.94. The highest BCUT2D eigenvalue weighted by Gasteiger charge is 2.39. The van der Waals surface area contributed by atoms with Crippen molar-refractivity contribution in [2.45, 2.75) is 17.7 Å². The first-order valence-electron chi connectivity index (χ1n) is 7.67. The molecule has 0 saturated carbocycles. The van der Waals surface area contributed by atoms with E-state index in [1.807, 2.05) is 4.83 Å². The minimum atomic E-state index is -4.87. The van der Waals surface area contributed by atoms with E-state index in [4.69, 9.17) is 0 Å². The van der Waals surface area contributed by atoms with E-state index in [9.17, 15) is 26.7 Å². The van der Waals surface area contributed by atoms with Crippen molar-refractivity contribution in [1.82, 2.24) is 9.89 Å². The lowest BCUT2D eigenvalue weighted by atomic mass is 10.1. The summed E-state index contributed by atoms with van der Waals surface area (Å²) in [6.07, 6.45) is -4.87. The van der Waals surface area contributed by atoms with Crippen LogP contribution in [0.15, 0.2) is 65.6 Å². The zero-order valence-electron chi connectivity index (χ0n) is 13.7. The third-order valence-corrected chi connectivity index (χ3v) is 5.02. The van der Waals surface area contributed by atoms with Gasteiger partial charge in [0.2, 0.25) is 0 Å². The van der Waals surface area contributed by atoms with Crippen molar-refractivity contribution >= 4 is 10.0 Å². The number of nitrogens with zero attached hydrogens (tertiary/aromatic N) is 2. The van der Waals surface area contributed by atoms with Gasteiger partial charge in [-0.2, -0.15) is 31.2 Å². The van der Waals surface area contributed by atoms with Crippen LogP contribution < -0.4 is 4.83 Å². The van der Waals surface area contributed by atoms with Crippen molar-refractivity contribution in [2.75, 3.05) is 4.83 Å². The van der Waals surface area contributed by atoms with Crippen LogP contribution in [0.1, 0.15) is 11.3 Å². The number of halogens is 3. The van der Waals surface area contributed by atoms with E-state index in [0.717, 1.165) is 0 Å². The van der Waals surface area contributed by atoms with Gasteiger partial charge in [-0.25, -0.2) is 0 Å². The number of aliphatic hydroxyl groups excluding tert-OH is 1. The average molecular weight is 397 g/mol. The van der Waals surface area contributed by atoms with Gasteiger partial charge in [0.25, 0.3) is 10.0 Å². The summed E-state index contributed by atoms with van der Waals surface area (Å²) in [7, 11) is -4.20. The summed E-state index contributed by atoms with van der Waals surface area (Å²) in [5.74, 6) is 0. The van der Waals surface area contributed by atoms with Gasteiger partial charge in [0, 0.05) is 11.1 Å². The number of sulfonamides is 1. The third-order valence-electron chi connectivity index (χ3n) is 3.72. The van der Waals surface area contributed by atoms with Gasteiger partial charge in [0.15, 0.2) is 5.69 Å². The Bertz CT molecular complexity index is 1030. The molecule has 1 heterocycles. The summed E-state index contributed by atoms with van der Waals surface area (Å²) in [6, 6.07) is 15.0. The Labute approximate surface area is 152 Å². The molecule has 0 aliphatic heterocycles. The SMILES string of the molecule is O=S(=O)(Nn1nc(C(F)(F)F)c(CO)c1-c1ccccc1)c1ccccc1. The first-order valence-corrected chi connectivity index (χ1v) is 9.15. The fourth-order valence-corrected chi connectivity index (χ4v) is 3.53. The molecule has 0 bridgehead atoms. The molecule has 0 spiro atoms. The van der Waals surface area contributed by atoms with Crippen LogP contribution in [0.3, 0.4) is 0 Å². The zero-order valence-corrected chi connectivity index (χ0v) is 14.5. The van der Waals surface area contributed by atoms with Crippen LogP contribution in [-0.2, 0) is 22.8 Å². The monoisotopic (exact) mass is 397 g/mol. The van der Waals surface area contributed by atoms with Gasteiger partial charge in [0.05, 0.1) is 17.2 Å². The van der Waals surface area contributed by atoms with Crippen LogP contribution in [0, 0.1) is 0 Å². The van der Waals surface area contributed by atoms with Crippen molar-refractivity contribution < 1.29 is 26.7 Å². The smallest absolute Gasteiger partial charge is 0.392 e. The molecule has 0 atom stereocenters. The molecule has 0 aliphatic rings. The maximum atomic E-state index is 13.3. The van der Waals surface area contributed by atoms with E-state index in [2.05, 4.69) is 5.10 Å². The first-order chi connectivity index (χ1) is 12.7. The highest BCUT2D eigenvalue weighted by molar-refractivity contribution is 7.92. The lowest BCUT2D eigenvalue weighted by Gasteiger charge is -2.12. The number of aromatic nitrogens is 2. The molecule has 3 rings (SSSR count). The van der Waals surface area contributed by atoms with Crippen LogP contribution in [0.4, 0.5) is 13.2 Å². The van der Waals surface area contributed by atoms with Gasteiger partial charge in [-0.15, -0.1) is 5.10 Å². The van der Waals surface area contributed by atoms with Crippen molar-refractivity contribution in [3.05, 3.63) is 71.9 Å². The second-order valence-electron chi connectivity index (χ2n) is 5.52. The number of rotatable bonds is 5. The molecule has 0 saturated heterocycles. The number of hydrogen-bond donors (Lipinski definition) is 2. The van der Waals surface area contributed by atoms with Gasteiger partial charge in [-0.3, -0.25) is 0 Å². The molecule has 1 aromatic heterocycles. The lowest BCUT2D eigenvalue weighted by molar-refractivity contribution is -0.142. The van der Waals surface area contributed by atoms with E-state index in [0.29, 0.717) is 4.79 Å². The lowest BCUT2D eigenvalue weighted by Crippen LogP contribution is -2.25. The Hall–Kier alpha value is -2.85. The van der Waals surface area contributed by atoms with Crippen molar-refractivity contribution in [2.24, 2.45) is 0 Å². The molecular weight excluding hydrogens is 383 g/mol. The van der Waals surface area contributed by atoms with Gasteiger partial charge in [-0.1, -0.05) is 48.5 Å². The predicted molar refractivity (Wildman–Crippen MR) is 91.6 cm³/mol. The summed E-state index contributed by atoms with van der Waals surface area (Å²) in [5.41, 5.74) is -1.81. The Balaban J connectivity index is 2.19. The van der Waals surface area contributed by atoms with Crippen LogP contribution in [0.25, 0.3) is 11.3 Å². The molecule has 0 unspecified atom stereocenters. The minimum Gasteiger partial charge on any atom is -0.392 e. The van der Waals surface area contributed by atoms with E-state index in [1.54, 1.807) is 24.3 Å². The first kappa shape index (κ1) is 18.9. The molecule has 0 aliphatic carbocycles. The maximum Gasteiger partial charge on any atom is 0.435 e. The molecular formula is C17H14F3N3O3S. The van der Waals surface area contributed by atoms with Crippen molar-refractivity contribution in [3.8, 4) is 11.3 Å². The number of benzene rings is 2. The molecule has 27 heavy (non-hydrogen) atoms. The highest BCUT2D eigenvalue weighted by atomic mass is 32.2. The quantitative estimate of drug-likeness (QED) is 0.693. The summed E-state index contributed by atoms with van der Waals surface area (Å²) < 4.78 is 65.1. The van der Waals surface area contributed by atoms with Gasteiger partial charge >= 0.3 is 6.18 Å². The van der Waals surface area contributed by atoms with Gasteiger partial charge < -0.3 is 5.11 Å². The normalized spacial score (nSPS) is 12.1. The standard InChI is InChI=1S/C17H14F3N3O3S/c18-17(19,20)16-14(11-24)15(12-7-3-1-4-8-12)23(21-16)22-27(25,26)13-9-5-2-6-10-13/h1-10,22,24H,11H2. The minimum absolute atomic E-state index is 0.140. The van der Waals surface area contributed by atoms with Crippen LogP contribution in [-0.4, -0.2) is 23.4 Å². The fraction of sp³-hybridized carbons (Fsp3) is 0.118.